The van der Waals surface area contributed by atoms with Gasteiger partial charge in [0.2, 0.25) is 5.91 Å². The molecule has 0 spiro atoms. The molecule has 0 radical (unpaired) electrons. The lowest BCUT2D eigenvalue weighted by Gasteiger charge is -2.22. The zero-order valence-corrected chi connectivity index (χ0v) is 12.5. The van der Waals surface area contributed by atoms with Gasteiger partial charge in [0.15, 0.2) is 0 Å². The second kappa shape index (κ2) is 9.64. The summed E-state index contributed by atoms with van der Waals surface area (Å²) in [4.78, 5) is 14.1. The minimum absolute atomic E-state index is 0.189. The molecule has 4 nitrogen and oxygen atoms in total. The largest absolute Gasteiger partial charge is 0.356 e. The Labute approximate surface area is 115 Å². The molecule has 1 amide bonds. The first-order valence-corrected chi connectivity index (χ1v) is 8.21. The van der Waals surface area contributed by atoms with Crippen molar-refractivity contribution in [2.45, 2.75) is 32.7 Å². The molecule has 0 aromatic heterocycles. The van der Waals surface area contributed by atoms with Crippen molar-refractivity contribution in [3.05, 3.63) is 0 Å². The van der Waals surface area contributed by atoms with E-state index in [4.69, 9.17) is 0 Å². The number of hydrogen-bond acceptors (Lipinski definition) is 4. The second-order valence-corrected chi connectivity index (χ2v) is 5.81. The summed E-state index contributed by atoms with van der Waals surface area (Å²) in [6.07, 6.45) is 1.67. The van der Waals surface area contributed by atoms with Gasteiger partial charge < -0.3 is 15.5 Å². The Bertz CT molecular complexity index is 228. The first kappa shape index (κ1) is 15.8. The van der Waals surface area contributed by atoms with Crippen LogP contribution in [0.4, 0.5) is 0 Å². The van der Waals surface area contributed by atoms with Crippen LogP contribution in [0, 0.1) is 0 Å². The molecule has 1 aliphatic rings. The summed E-state index contributed by atoms with van der Waals surface area (Å²) in [6, 6.07) is 0.367. The molecule has 0 bridgehead atoms. The number of amides is 1. The maximum Gasteiger partial charge on any atom is 0.221 e. The van der Waals surface area contributed by atoms with Gasteiger partial charge in [-0.3, -0.25) is 4.79 Å². The van der Waals surface area contributed by atoms with Gasteiger partial charge in [0, 0.05) is 37.1 Å². The van der Waals surface area contributed by atoms with Crippen molar-refractivity contribution >= 4 is 17.7 Å². The number of nitrogens with zero attached hydrogens (tertiary/aromatic N) is 1. The number of carbonyl (C=O) groups excluding carboxylic acids is 1. The van der Waals surface area contributed by atoms with E-state index in [1.807, 2.05) is 11.8 Å². The highest BCUT2D eigenvalue weighted by molar-refractivity contribution is 7.99. The van der Waals surface area contributed by atoms with Crippen molar-refractivity contribution in [3.63, 3.8) is 0 Å². The number of thioether (sulfide) groups is 1. The van der Waals surface area contributed by atoms with Crippen LogP contribution in [-0.4, -0.2) is 61.1 Å². The maximum atomic E-state index is 11.7. The van der Waals surface area contributed by atoms with E-state index < -0.39 is 0 Å². The molecule has 0 saturated carbocycles. The minimum atomic E-state index is 0.189. The van der Waals surface area contributed by atoms with Gasteiger partial charge in [-0.05, 0) is 26.1 Å². The van der Waals surface area contributed by atoms with Crippen LogP contribution < -0.4 is 10.6 Å². The average Bonchev–Trinajstić information content (AvgIpc) is 2.40. The third-order valence-corrected chi connectivity index (χ3v) is 4.43. The summed E-state index contributed by atoms with van der Waals surface area (Å²) in [5, 5.41) is 6.41. The summed E-state index contributed by atoms with van der Waals surface area (Å²) in [5.41, 5.74) is 0. The highest BCUT2D eigenvalue weighted by Gasteiger charge is 2.16. The lowest BCUT2D eigenvalue weighted by Crippen LogP contribution is -2.41. The number of carbonyl (C=O) groups is 1. The Morgan fingerprint density at radius 3 is 2.83 bits per heavy atom. The zero-order valence-electron chi connectivity index (χ0n) is 11.7. The highest BCUT2D eigenvalue weighted by Crippen LogP contribution is 2.09. The van der Waals surface area contributed by atoms with Gasteiger partial charge in [-0.2, -0.15) is 11.8 Å². The minimum Gasteiger partial charge on any atom is -0.356 e. The topological polar surface area (TPSA) is 44.4 Å². The van der Waals surface area contributed by atoms with Gasteiger partial charge in [0.25, 0.3) is 0 Å². The van der Waals surface area contributed by atoms with Gasteiger partial charge in [-0.25, -0.2) is 0 Å². The second-order valence-electron chi connectivity index (χ2n) is 4.66. The maximum absolute atomic E-state index is 11.7. The van der Waals surface area contributed by atoms with Crippen molar-refractivity contribution in [1.29, 1.82) is 0 Å². The smallest absolute Gasteiger partial charge is 0.221 e. The number of rotatable bonds is 8. The van der Waals surface area contributed by atoms with Crippen LogP contribution in [0.5, 0.6) is 0 Å². The Morgan fingerprint density at radius 1 is 1.44 bits per heavy atom. The predicted molar refractivity (Wildman–Crippen MR) is 79.1 cm³/mol. The van der Waals surface area contributed by atoms with Gasteiger partial charge in [-0.15, -0.1) is 0 Å². The van der Waals surface area contributed by atoms with E-state index >= 15 is 0 Å². The Balaban J connectivity index is 2.02. The molecule has 0 aromatic rings. The molecular weight excluding hydrogens is 246 g/mol. The Morgan fingerprint density at radius 2 is 2.22 bits per heavy atom. The van der Waals surface area contributed by atoms with Crippen LogP contribution in [0.1, 0.15) is 26.7 Å². The third-order valence-electron chi connectivity index (χ3n) is 3.30. The molecule has 0 aromatic carbocycles. The van der Waals surface area contributed by atoms with E-state index in [0.29, 0.717) is 12.5 Å². The average molecular weight is 273 g/mol. The molecule has 1 aliphatic heterocycles. The summed E-state index contributed by atoms with van der Waals surface area (Å²) < 4.78 is 0. The van der Waals surface area contributed by atoms with Gasteiger partial charge in [0.1, 0.15) is 0 Å². The summed E-state index contributed by atoms with van der Waals surface area (Å²) >= 11 is 1.93. The van der Waals surface area contributed by atoms with E-state index in [9.17, 15) is 4.79 Å². The van der Waals surface area contributed by atoms with E-state index in [2.05, 4.69) is 29.4 Å². The fourth-order valence-electron chi connectivity index (χ4n) is 2.12. The Hall–Kier alpha value is -0.260. The molecule has 1 heterocycles. The molecule has 1 fully saturated rings. The van der Waals surface area contributed by atoms with Gasteiger partial charge >= 0.3 is 0 Å². The van der Waals surface area contributed by atoms with Crippen molar-refractivity contribution in [2.75, 3.05) is 44.2 Å². The van der Waals surface area contributed by atoms with Crippen molar-refractivity contribution in [3.8, 4) is 0 Å². The molecule has 2 N–H and O–H groups in total. The molecule has 1 atom stereocenters. The first-order valence-electron chi connectivity index (χ1n) is 7.06. The monoisotopic (exact) mass is 273 g/mol. The van der Waals surface area contributed by atoms with E-state index in [0.717, 1.165) is 44.9 Å². The van der Waals surface area contributed by atoms with Crippen LogP contribution in [0.25, 0.3) is 0 Å². The van der Waals surface area contributed by atoms with Crippen LogP contribution in [0.3, 0.4) is 0 Å². The summed E-state index contributed by atoms with van der Waals surface area (Å²) in [5.74, 6) is 2.42. The molecule has 5 heteroatoms. The van der Waals surface area contributed by atoms with Crippen molar-refractivity contribution in [1.82, 2.24) is 15.5 Å². The molecule has 1 rings (SSSR count). The molecule has 1 saturated heterocycles. The van der Waals surface area contributed by atoms with Crippen molar-refractivity contribution < 1.29 is 4.79 Å². The molecular formula is C13H27N3OS. The quantitative estimate of drug-likeness (QED) is 0.646. The third kappa shape index (κ3) is 6.61. The lowest BCUT2D eigenvalue weighted by molar-refractivity contribution is -0.121. The SMILES string of the molecule is CCN(CC)CCCNC(=O)CC1CSCCN1. The number of nitrogens with one attached hydrogen (secondary N) is 2. The van der Waals surface area contributed by atoms with Crippen LogP contribution in [0.15, 0.2) is 0 Å². The zero-order chi connectivity index (χ0) is 13.2. The predicted octanol–water partition coefficient (Wildman–Crippen LogP) is 0.930. The van der Waals surface area contributed by atoms with E-state index in [1.54, 1.807) is 0 Å². The highest BCUT2D eigenvalue weighted by atomic mass is 32.2. The van der Waals surface area contributed by atoms with Gasteiger partial charge in [-0.1, -0.05) is 13.8 Å². The van der Waals surface area contributed by atoms with E-state index in [-0.39, 0.29) is 5.91 Å². The van der Waals surface area contributed by atoms with Crippen LogP contribution >= 0.6 is 11.8 Å². The van der Waals surface area contributed by atoms with Crippen molar-refractivity contribution in [2.24, 2.45) is 0 Å². The standard InChI is InChI=1S/C13H27N3OS/c1-3-16(4-2)8-5-6-15-13(17)10-12-11-18-9-7-14-12/h12,14H,3-11H2,1-2H3,(H,15,17). The summed E-state index contributed by atoms with van der Waals surface area (Å²) in [7, 11) is 0. The summed E-state index contributed by atoms with van der Waals surface area (Å²) in [6.45, 7) is 9.44. The molecule has 18 heavy (non-hydrogen) atoms. The van der Waals surface area contributed by atoms with Crippen LogP contribution in [0.2, 0.25) is 0 Å². The molecule has 1 unspecified atom stereocenters. The molecule has 0 aliphatic carbocycles. The van der Waals surface area contributed by atoms with E-state index in [1.165, 1.54) is 5.75 Å². The first-order chi connectivity index (χ1) is 8.76. The fourth-order valence-corrected chi connectivity index (χ4v) is 3.07. The van der Waals surface area contributed by atoms with Gasteiger partial charge in [0.05, 0.1) is 0 Å². The van der Waals surface area contributed by atoms with Crippen LogP contribution in [-0.2, 0) is 4.79 Å². The Kier molecular flexibility index (Phi) is 8.46. The fraction of sp³-hybridized carbons (Fsp3) is 0.923. The lowest BCUT2D eigenvalue weighted by atomic mass is 10.2. The number of hydrogen-bond donors (Lipinski definition) is 2. The normalized spacial score (nSPS) is 20.1. The molecule has 106 valence electrons.